The molecule has 2 aliphatic heterocycles. The van der Waals surface area contributed by atoms with Crippen molar-refractivity contribution < 1.29 is 47.4 Å². The van der Waals surface area contributed by atoms with Crippen LogP contribution < -0.4 is 0 Å². The van der Waals surface area contributed by atoms with Crippen molar-refractivity contribution in [2.24, 2.45) is 5.11 Å². The first-order valence-corrected chi connectivity index (χ1v) is 25.2. The van der Waals surface area contributed by atoms with E-state index in [1.54, 1.807) is 0 Å². The summed E-state index contributed by atoms with van der Waals surface area (Å²) in [6.07, 6.45) is -7.23. The molecule has 2 aliphatic rings. The molecule has 13 heteroatoms. The molecule has 0 aromatic heterocycles. The van der Waals surface area contributed by atoms with Crippen molar-refractivity contribution in [1.82, 2.24) is 0 Å². The molecule has 2 saturated heterocycles. The maximum absolute atomic E-state index is 9.76. The predicted octanol–water partition coefficient (Wildman–Crippen LogP) is 11.5. The highest BCUT2D eigenvalue weighted by Gasteiger charge is 2.61. The molecule has 382 valence electrons. The summed E-state index contributed by atoms with van der Waals surface area (Å²) in [4.78, 5) is 3.15. The lowest BCUT2D eigenvalue weighted by molar-refractivity contribution is -0.398. The van der Waals surface area contributed by atoms with Gasteiger partial charge in [0.25, 0.3) is 0 Å². The van der Waals surface area contributed by atoms with Crippen molar-refractivity contribution in [1.29, 1.82) is 0 Å². The quantitative estimate of drug-likeness (QED) is 0.0278. The van der Waals surface area contributed by atoms with Gasteiger partial charge in [0.1, 0.15) is 43.2 Å². The van der Waals surface area contributed by atoms with Crippen LogP contribution in [0.3, 0.4) is 0 Å². The van der Waals surface area contributed by atoms with Gasteiger partial charge in [-0.25, -0.2) is 0 Å². The number of benzene rings is 7. The second-order valence-electron chi connectivity index (χ2n) is 18.3. The molecule has 9 atom stereocenters. The van der Waals surface area contributed by atoms with Gasteiger partial charge in [-0.05, 0) is 44.5 Å². The third kappa shape index (κ3) is 14.8. The molecule has 2 fully saturated rings. The summed E-state index contributed by atoms with van der Waals surface area (Å²) in [5, 5.41) is 4.04. The first-order chi connectivity index (χ1) is 36.6. The van der Waals surface area contributed by atoms with Crippen LogP contribution in [0.1, 0.15) is 38.9 Å². The van der Waals surface area contributed by atoms with Gasteiger partial charge in [-0.2, -0.15) is 0 Å². The molecule has 0 N–H and O–H groups in total. The Morgan fingerprint density at radius 3 is 1.20 bits per heavy atom. The summed E-state index contributed by atoms with van der Waals surface area (Å²) in [6, 6.07) is 69.4. The Morgan fingerprint density at radius 2 is 0.770 bits per heavy atom. The van der Waals surface area contributed by atoms with E-state index >= 15 is 0 Å². The van der Waals surface area contributed by atoms with Crippen LogP contribution in [0.25, 0.3) is 10.4 Å². The van der Waals surface area contributed by atoms with Crippen molar-refractivity contribution in [2.45, 2.75) is 101 Å². The standard InChI is InChI=1S/C61H63N3O10/c62-64-63-36-53-56(68-40-49-28-14-4-15-29-49)59(71-43-52-34-20-7-21-35-52)61(73-53,45-66-38-47-24-10-2-11-25-47)74-60-58(70-42-51-32-18-6-19-33-51)57(69-41-50-30-16-5-17-31-50)55(67-39-48-26-12-3-13-27-48)54(72-60)44-65-37-46-22-8-1-9-23-46/h1-35,53-60H,36-45H2/t53-,54-,55-,56-,57+,58-,59+,60-,61+/m1/s1. The van der Waals surface area contributed by atoms with Gasteiger partial charge in [0.2, 0.25) is 5.79 Å². The minimum Gasteiger partial charge on any atom is -0.374 e. The second-order valence-corrected chi connectivity index (χ2v) is 18.3. The Labute approximate surface area is 433 Å². The molecule has 0 spiro atoms. The molecule has 2 heterocycles. The van der Waals surface area contributed by atoms with E-state index in [0.29, 0.717) is 6.61 Å². The molecule has 74 heavy (non-hydrogen) atoms. The van der Waals surface area contributed by atoms with Crippen molar-refractivity contribution in [3.8, 4) is 0 Å². The number of azide groups is 1. The van der Waals surface area contributed by atoms with Gasteiger partial charge in [0, 0.05) is 4.91 Å². The first kappa shape index (κ1) is 52.3. The average molecular weight is 998 g/mol. The van der Waals surface area contributed by atoms with Gasteiger partial charge in [-0.15, -0.1) is 0 Å². The number of rotatable bonds is 27. The molecule has 13 nitrogen and oxygen atoms in total. The van der Waals surface area contributed by atoms with E-state index in [4.69, 9.17) is 47.4 Å². The van der Waals surface area contributed by atoms with E-state index in [1.165, 1.54) is 0 Å². The van der Waals surface area contributed by atoms with Gasteiger partial charge >= 0.3 is 0 Å². The van der Waals surface area contributed by atoms with Crippen molar-refractivity contribution in [3.05, 3.63) is 262 Å². The van der Waals surface area contributed by atoms with Crippen LogP contribution >= 0.6 is 0 Å². The maximum atomic E-state index is 9.76. The number of hydrogen-bond donors (Lipinski definition) is 0. The summed E-state index contributed by atoms with van der Waals surface area (Å²) in [5.74, 6) is -1.78. The fourth-order valence-electron chi connectivity index (χ4n) is 9.21. The highest BCUT2D eigenvalue weighted by molar-refractivity contribution is 5.19. The monoisotopic (exact) mass is 997 g/mol. The van der Waals surface area contributed by atoms with Gasteiger partial charge in [0.05, 0.1) is 65.5 Å². The van der Waals surface area contributed by atoms with Gasteiger partial charge in [0.15, 0.2) is 6.29 Å². The zero-order valence-electron chi connectivity index (χ0n) is 41.3. The molecule has 7 aromatic carbocycles. The largest absolute Gasteiger partial charge is 0.374 e. The summed E-state index contributed by atoms with van der Waals surface area (Å²) < 4.78 is 70.2. The first-order valence-electron chi connectivity index (χ1n) is 25.2. The molecule has 0 radical (unpaired) electrons. The van der Waals surface area contributed by atoms with Gasteiger partial charge in [-0.3, -0.25) is 0 Å². The van der Waals surface area contributed by atoms with E-state index in [-0.39, 0.29) is 59.4 Å². The normalized spacial score (nSPS) is 23.5. The van der Waals surface area contributed by atoms with E-state index in [1.807, 2.05) is 212 Å². The number of nitrogens with zero attached hydrogens (tertiary/aromatic N) is 3. The van der Waals surface area contributed by atoms with Crippen LogP contribution in [0, 0.1) is 0 Å². The van der Waals surface area contributed by atoms with Crippen LogP contribution in [0.15, 0.2) is 217 Å². The van der Waals surface area contributed by atoms with Crippen molar-refractivity contribution in [2.75, 3.05) is 19.8 Å². The summed E-state index contributed by atoms with van der Waals surface area (Å²) in [6.45, 7) is 1.38. The maximum Gasteiger partial charge on any atom is 0.224 e. The zero-order chi connectivity index (χ0) is 50.5. The van der Waals surface area contributed by atoms with E-state index in [0.717, 1.165) is 38.9 Å². The van der Waals surface area contributed by atoms with E-state index in [2.05, 4.69) is 10.0 Å². The molecule has 9 rings (SSSR count). The van der Waals surface area contributed by atoms with Crippen LogP contribution in [0.4, 0.5) is 0 Å². The van der Waals surface area contributed by atoms with E-state index < -0.39 is 54.8 Å². The molecule has 0 unspecified atom stereocenters. The molecular formula is C61H63N3O10. The lowest BCUT2D eigenvalue weighted by atomic mass is 9.97. The minimum atomic E-state index is -1.78. The Balaban J connectivity index is 1.14. The Hall–Kier alpha value is -6.55. The fourth-order valence-corrected chi connectivity index (χ4v) is 9.21. The van der Waals surface area contributed by atoms with Crippen LogP contribution in [-0.2, 0) is 93.6 Å². The Morgan fingerprint density at radius 1 is 0.405 bits per heavy atom. The topological polar surface area (TPSA) is 141 Å². The predicted molar refractivity (Wildman–Crippen MR) is 279 cm³/mol. The van der Waals surface area contributed by atoms with Crippen LogP contribution in [-0.4, -0.2) is 74.6 Å². The van der Waals surface area contributed by atoms with Gasteiger partial charge < -0.3 is 47.4 Å². The minimum absolute atomic E-state index is 0.0967. The van der Waals surface area contributed by atoms with Crippen LogP contribution in [0.5, 0.6) is 0 Å². The van der Waals surface area contributed by atoms with Crippen molar-refractivity contribution >= 4 is 0 Å². The molecule has 0 bridgehead atoms. The second kappa shape index (κ2) is 27.7. The molecular weight excluding hydrogens is 935 g/mol. The third-order valence-electron chi connectivity index (χ3n) is 12.9. The van der Waals surface area contributed by atoms with Crippen molar-refractivity contribution in [3.63, 3.8) is 0 Å². The van der Waals surface area contributed by atoms with E-state index in [9.17, 15) is 5.53 Å². The molecule has 0 amide bonds. The Bertz CT molecular complexity index is 2710. The summed E-state index contributed by atoms with van der Waals surface area (Å²) in [7, 11) is 0. The number of hydrogen-bond acceptors (Lipinski definition) is 11. The molecule has 0 saturated carbocycles. The highest BCUT2D eigenvalue weighted by atomic mass is 16.8. The van der Waals surface area contributed by atoms with Crippen LogP contribution in [0.2, 0.25) is 0 Å². The average Bonchev–Trinajstić information content (AvgIpc) is 3.74. The Kier molecular flexibility index (Phi) is 19.6. The third-order valence-corrected chi connectivity index (χ3v) is 12.9. The fraction of sp³-hybridized carbons (Fsp3) is 0.311. The zero-order valence-corrected chi connectivity index (χ0v) is 41.3. The molecule has 0 aliphatic carbocycles. The number of ether oxygens (including phenoxy) is 10. The summed E-state index contributed by atoms with van der Waals surface area (Å²) >= 11 is 0. The lowest BCUT2D eigenvalue weighted by Crippen LogP contribution is -2.64. The highest BCUT2D eigenvalue weighted by Crippen LogP contribution is 2.42. The SMILES string of the molecule is [N-]=[N+]=NC[C@H]1O[C@@](COCc2ccccc2)(O[C@H]2O[C@H](COCc3ccccc3)[C@@H](OCc3ccccc3)[C@H](OCc3ccccc3)[C@H]2OCc2ccccc2)[C@@H](OCc2ccccc2)[C@@H]1OCc1ccccc1. The lowest BCUT2D eigenvalue weighted by Gasteiger charge is -2.48. The summed E-state index contributed by atoms with van der Waals surface area (Å²) in [5.41, 5.74) is 16.4. The molecule has 7 aromatic rings. The van der Waals surface area contributed by atoms with Gasteiger partial charge in [-0.1, -0.05) is 217 Å². The smallest absolute Gasteiger partial charge is 0.224 e.